The lowest BCUT2D eigenvalue weighted by atomic mass is 9.71. The average molecular weight is 294 g/mol. The van der Waals surface area contributed by atoms with Crippen molar-refractivity contribution in [3.05, 3.63) is 12.2 Å². The van der Waals surface area contributed by atoms with E-state index >= 15 is 0 Å². The Kier molecular flexibility index (Phi) is 6.43. The van der Waals surface area contributed by atoms with Crippen molar-refractivity contribution >= 4 is 5.78 Å². The molecule has 0 amide bonds. The summed E-state index contributed by atoms with van der Waals surface area (Å²) in [6.07, 6.45) is 12.4. The van der Waals surface area contributed by atoms with Gasteiger partial charge in [0, 0.05) is 18.3 Å². The van der Waals surface area contributed by atoms with Gasteiger partial charge in [-0.15, -0.1) is 0 Å². The van der Waals surface area contributed by atoms with Crippen LogP contribution in [0.25, 0.3) is 0 Å². The molecule has 3 heteroatoms. The molecular weight excluding hydrogens is 264 g/mol. The topological polar surface area (TPSA) is 57.5 Å². The number of ketones is 1. The molecule has 1 unspecified atom stereocenters. The molecule has 21 heavy (non-hydrogen) atoms. The van der Waals surface area contributed by atoms with Crippen LogP contribution in [0.3, 0.4) is 0 Å². The van der Waals surface area contributed by atoms with Crippen LogP contribution in [0.15, 0.2) is 12.2 Å². The first-order chi connectivity index (χ1) is 10.1. The maximum Gasteiger partial charge on any atom is 0.136 e. The minimum absolute atomic E-state index is 0.0758. The van der Waals surface area contributed by atoms with E-state index in [2.05, 4.69) is 6.92 Å². The molecular formula is C18H30O3. The summed E-state index contributed by atoms with van der Waals surface area (Å²) in [5.74, 6) is 0.796. The van der Waals surface area contributed by atoms with E-state index in [0.717, 1.165) is 12.8 Å². The minimum Gasteiger partial charge on any atom is -0.392 e. The fraction of sp³-hybridized carbons (Fsp3) is 0.833. The zero-order valence-corrected chi connectivity index (χ0v) is 13.2. The Morgan fingerprint density at radius 2 is 1.95 bits per heavy atom. The third-order valence-corrected chi connectivity index (χ3v) is 5.21. The van der Waals surface area contributed by atoms with Crippen LogP contribution in [0.4, 0.5) is 0 Å². The summed E-state index contributed by atoms with van der Waals surface area (Å²) in [5.41, 5.74) is 0. The highest BCUT2D eigenvalue weighted by Gasteiger charge is 2.51. The molecule has 0 spiro atoms. The van der Waals surface area contributed by atoms with Crippen LogP contribution in [-0.2, 0) is 4.79 Å². The summed E-state index contributed by atoms with van der Waals surface area (Å²) >= 11 is 0. The molecule has 0 heterocycles. The third kappa shape index (κ3) is 4.40. The summed E-state index contributed by atoms with van der Waals surface area (Å²) in [6.45, 7) is 2.21. The minimum atomic E-state index is -0.404. The first-order valence-electron chi connectivity index (χ1n) is 8.70. The molecule has 120 valence electrons. The zero-order valence-electron chi connectivity index (χ0n) is 13.2. The van der Waals surface area contributed by atoms with Crippen molar-refractivity contribution < 1.29 is 15.0 Å². The highest BCUT2D eigenvalue weighted by molar-refractivity contribution is 5.88. The normalized spacial score (nSPS) is 33.2. The predicted molar refractivity (Wildman–Crippen MR) is 83.9 cm³/mol. The second-order valence-corrected chi connectivity index (χ2v) is 6.83. The molecule has 0 aromatic rings. The number of rotatable bonds is 9. The number of unbranched alkanes of at least 4 members (excludes halogenated alkanes) is 5. The lowest BCUT2D eigenvalue weighted by molar-refractivity contribution is -0.133. The SMILES string of the molecule is CCCCCCCCC(O)C=C[C@H]1[C@@H]2CC(=O)[C@H]2C[C@@H]1O. The zero-order chi connectivity index (χ0) is 15.2. The van der Waals surface area contributed by atoms with E-state index in [1.165, 1.54) is 32.1 Å². The number of hydrogen-bond acceptors (Lipinski definition) is 3. The van der Waals surface area contributed by atoms with Crippen molar-refractivity contribution in [2.75, 3.05) is 0 Å². The molecule has 0 aromatic carbocycles. The lowest BCUT2D eigenvalue weighted by Gasteiger charge is -2.31. The molecule has 3 nitrogen and oxygen atoms in total. The Balaban J connectivity index is 1.63. The molecule has 0 saturated heterocycles. The van der Waals surface area contributed by atoms with Crippen LogP contribution in [0.1, 0.15) is 64.7 Å². The Labute approximate surface area is 128 Å². The smallest absolute Gasteiger partial charge is 0.136 e. The molecule has 5 atom stereocenters. The fourth-order valence-electron chi connectivity index (χ4n) is 3.78. The summed E-state index contributed by atoms with van der Waals surface area (Å²) in [6, 6.07) is 0. The highest BCUT2D eigenvalue weighted by Crippen LogP contribution is 2.48. The summed E-state index contributed by atoms with van der Waals surface area (Å²) in [7, 11) is 0. The van der Waals surface area contributed by atoms with Gasteiger partial charge in [-0.25, -0.2) is 0 Å². The van der Waals surface area contributed by atoms with Gasteiger partial charge in [-0.1, -0.05) is 57.6 Å². The number of carbonyl (C=O) groups is 1. The Morgan fingerprint density at radius 3 is 2.62 bits per heavy atom. The van der Waals surface area contributed by atoms with E-state index in [9.17, 15) is 15.0 Å². The van der Waals surface area contributed by atoms with Crippen molar-refractivity contribution in [3.8, 4) is 0 Å². The predicted octanol–water partition coefficient (Wildman–Crippen LogP) is 3.24. The Hall–Kier alpha value is -0.670. The van der Waals surface area contributed by atoms with E-state index in [4.69, 9.17) is 0 Å². The fourth-order valence-corrected chi connectivity index (χ4v) is 3.78. The van der Waals surface area contributed by atoms with Crippen molar-refractivity contribution in [3.63, 3.8) is 0 Å². The Bertz CT molecular complexity index is 363. The molecule has 2 saturated carbocycles. The van der Waals surface area contributed by atoms with Crippen LogP contribution in [-0.4, -0.2) is 28.2 Å². The number of aliphatic hydroxyl groups is 2. The summed E-state index contributed by atoms with van der Waals surface area (Å²) in [4.78, 5) is 11.4. The highest BCUT2D eigenvalue weighted by atomic mass is 16.3. The van der Waals surface area contributed by atoms with Gasteiger partial charge in [0.2, 0.25) is 0 Å². The van der Waals surface area contributed by atoms with Gasteiger partial charge in [0.1, 0.15) is 5.78 Å². The van der Waals surface area contributed by atoms with Crippen molar-refractivity contribution in [1.29, 1.82) is 0 Å². The van der Waals surface area contributed by atoms with Crippen molar-refractivity contribution in [1.82, 2.24) is 0 Å². The molecule has 2 aliphatic carbocycles. The summed E-state index contributed by atoms with van der Waals surface area (Å²) in [5, 5.41) is 20.0. The van der Waals surface area contributed by atoms with E-state index in [1.807, 2.05) is 12.2 Å². The van der Waals surface area contributed by atoms with Gasteiger partial charge in [-0.2, -0.15) is 0 Å². The number of Topliss-reactive ketones (excluding diaryl/α,β-unsaturated/α-hetero) is 1. The van der Waals surface area contributed by atoms with Crippen molar-refractivity contribution in [2.45, 2.75) is 76.9 Å². The molecule has 2 rings (SSSR count). The molecule has 2 aliphatic rings. The number of fused-ring (bicyclic) bond motifs is 1. The standard InChI is InChI=1S/C18H30O3/c1-2-3-4-5-6-7-8-13(19)9-10-14-15-11-18(21)16(15)12-17(14)20/h9-10,13-17,19-20H,2-8,11-12H2,1H3/t13?,14-,15-,16-,17-/m0/s1. The second kappa shape index (κ2) is 8.09. The van der Waals surface area contributed by atoms with E-state index in [0.29, 0.717) is 24.5 Å². The number of aliphatic hydroxyl groups excluding tert-OH is 2. The second-order valence-electron chi connectivity index (χ2n) is 6.83. The van der Waals surface area contributed by atoms with E-state index in [-0.39, 0.29) is 11.8 Å². The first kappa shape index (κ1) is 16.7. The molecule has 2 N–H and O–H groups in total. The first-order valence-corrected chi connectivity index (χ1v) is 8.70. The number of carbonyl (C=O) groups excluding carboxylic acids is 1. The lowest BCUT2D eigenvalue weighted by Crippen LogP contribution is -2.35. The van der Waals surface area contributed by atoms with E-state index in [1.54, 1.807) is 0 Å². The molecule has 0 aliphatic heterocycles. The van der Waals surface area contributed by atoms with E-state index < -0.39 is 12.2 Å². The largest absolute Gasteiger partial charge is 0.392 e. The summed E-state index contributed by atoms with van der Waals surface area (Å²) < 4.78 is 0. The third-order valence-electron chi connectivity index (χ3n) is 5.21. The number of hydrogen-bond donors (Lipinski definition) is 2. The van der Waals surface area contributed by atoms with Crippen LogP contribution in [0, 0.1) is 17.8 Å². The van der Waals surface area contributed by atoms with Gasteiger partial charge in [-0.05, 0) is 18.8 Å². The molecule has 0 aromatic heterocycles. The van der Waals surface area contributed by atoms with Crippen LogP contribution < -0.4 is 0 Å². The monoisotopic (exact) mass is 294 g/mol. The van der Waals surface area contributed by atoms with Gasteiger partial charge in [0.05, 0.1) is 12.2 Å². The van der Waals surface area contributed by atoms with Gasteiger partial charge in [0.15, 0.2) is 0 Å². The average Bonchev–Trinajstić information content (AvgIpc) is 2.72. The quantitative estimate of drug-likeness (QED) is 0.507. The van der Waals surface area contributed by atoms with Gasteiger partial charge < -0.3 is 10.2 Å². The van der Waals surface area contributed by atoms with Gasteiger partial charge in [-0.3, -0.25) is 4.79 Å². The van der Waals surface area contributed by atoms with Crippen molar-refractivity contribution in [2.24, 2.45) is 17.8 Å². The van der Waals surface area contributed by atoms with Crippen LogP contribution >= 0.6 is 0 Å². The van der Waals surface area contributed by atoms with Gasteiger partial charge in [0.25, 0.3) is 0 Å². The maximum atomic E-state index is 11.4. The molecule has 0 bridgehead atoms. The Morgan fingerprint density at radius 1 is 1.24 bits per heavy atom. The van der Waals surface area contributed by atoms with Gasteiger partial charge >= 0.3 is 0 Å². The molecule has 2 fully saturated rings. The molecule has 0 radical (unpaired) electrons. The maximum absolute atomic E-state index is 11.4. The van der Waals surface area contributed by atoms with Crippen LogP contribution in [0.2, 0.25) is 0 Å². The van der Waals surface area contributed by atoms with Crippen LogP contribution in [0.5, 0.6) is 0 Å².